The van der Waals surface area contributed by atoms with Gasteiger partial charge in [0, 0.05) is 19.6 Å². The Morgan fingerprint density at radius 1 is 1.29 bits per heavy atom. The molecule has 2 fully saturated rings. The van der Waals surface area contributed by atoms with Crippen LogP contribution in [0, 0.1) is 0 Å². The quantitative estimate of drug-likeness (QED) is 0.875. The van der Waals surface area contributed by atoms with Gasteiger partial charge in [-0.3, -0.25) is 14.4 Å². The highest BCUT2D eigenvalue weighted by molar-refractivity contribution is 7.12. The number of rotatable bonds is 5. The first-order chi connectivity index (χ1) is 11.6. The fraction of sp³-hybridized carbons (Fsp3) is 0.588. The molecule has 1 aliphatic carbocycles. The maximum atomic E-state index is 12.8. The number of carbonyl (C=O) groups excluding carboxylic acids is 3. The normalized spacial score (nSPS) is 20.5. The Morgan fingerprint density at radius 2 is 2.08 bits per heavy atom. The van der Waals surface area contributed by atoms with Gasteiger partial charge in [-0.05, 0) is 43.6 Å². The smallest absolute Gasteiger partial charge is 0.264 e. The molecule has 130 valence electrons. The number of hydrogen-bond donors (Lipinski definition) is 1. The van der Waals surface area contributed by atoms with E-state index in [1.165, 1.54) is 16.2 Å². The zero-order valence-corrected chi connectivity index (χ0v) is 14.7. The van der Waals surface area contributed by atoms with Gasteiger partial charge in [0.15, 0.2) is 0 Å². The zero-order chi connectivity index (χ0) is 17.1. The lowest BCUT2D eigenvalue weighted by atomic mass is 10.0. The summed E-state index contributed by atoms with van der Waals surface area (Å²) in [6.07, 6.45) is 4.54. The van der Waals surface area contributed by atoms with Crippen LogP contribution in [0.25, 0.3) is 0 Å². The van der Waals surface area contributed by atoms with Crippen LogP contribution in [-0.4, -0.2) is 59.7 Å². The average molecular weight is 349 g/mol. The van der Waals surface area contributed by atoms with Crippen LogP contribution in [-0.2, 0) is 9.59 Å². The van der Waals surface area contributed by atoms with Gasteiger partial charge in [0.05, 0.1) is 11.4 Å². The van der Waals surface area contributed by atoms with E-state index in [9.17, 15) is 14.4 Å². The molecule has 1 N–H and O–H groups in total. The van der Waals surface area contributed by atoms with Gasteiger partial charge < -0.3 is 15.1 Å². The number of hydrogen-bond acceptors (Lipinski definition) is 4. The zero-order valence-electron chi connectivity index (χ0n) is 13.9. The number of nitrogens with one attached hydrogen (secondary N) is 1. The Kier molecular flexibility index (Phi) is 5.18. The highest BCUT2D eigenvalue weighted by Crippen LogP contribution is 2.23. The van der Waals surface area contributed by atoms with Crippen LogP contribution in [0.1, 0.15) is 41.8 Å². The number of amides is 3. The van der Waals surface area contributed by atoms with Gasteiger partial charge in [0.2, 0.25) is 11.8 Å². The fourth-order valence-corrected chi connectivity index (χ4v) is 3.70. The number of thiophene rings is 1. The summed E-state index contributed by atoms with van der Waals surface area (Å²) >= 11 is 1.39. The predicted molar refractivity (Wildman–Crippen MR) is 91.8 cm³/mol. The number of likely N-dealkylation sites (N-methyl/N-ethyl adjacent to an activating group) is 1. The minimum absolute atomic E-state index is 0.0485. The summed E-state index contributed by atoms with van der Waals surface area (Å²) in [7, 11) is 1.64. The maximum Gasteiger partial charge on any atom is 0.264 e. The van der Waals surface area contributed by atoms with Crippen molar-refractivity contribution in [2.24, 2.45) is 0 Å². The lowest BCUT2D eigenvalue weighted by Crippen LogP contribution is -2.53. The lowest BCUT2D eigenvalue weighted by molar-refractivity contribution is -0.139. The largest absolute Gasteiger partial charge is 0.352 e. The molecule has 2 heterocycles. The standard InChI is InChI=1S/C17H23N3O3S/c1-19(11-15(21)18-12-7-8-12)16(22)13-5-2-3-9-20(13)17(23)14-6-4-10-24-14/h4,6,10,12-13H,2-3,5,7-9,11H2,1H3,(H,18,21). The minimum Gasteiger partial charge on any atom is -0.352 e. The van der Waals surface area contributed by atoms with Crippen LogP contribution in [0.5, 0.6) is 0 Å². The monoisotopic (exact) mass is 349 g/mol. The summed E-state index contributed by atoms with van der Waals surface area (Å²) in [6, 6.07) is 3.45. The van der Waals surface area contributed by atoms with Gasteiger partial charge in [-0.1, -0.05) is 6.07 Å². The van der Waals surface area contributed by atoms with E-state index < -0.39 is 6.04 Å². The summed E-state index contributed by atoms with van der Waals surface area (Å²) in [5, 5.41) is 4.75. The Labute approximate surface area is 145 Å². The van der Waals surface area contributed by atoms with Crippen molar-refractivity contribution in [1.82, 2.24) is 15.1 Å². The minimum atomic E-state index is -0.466. The highest BCUT2D eigenvalue weighted by atomic mass is 32.1. The third-order valence-electron chi connectivity index (χ3n) is 4.48. The van der Waals surface area contributed by atoms with E-state index >= 15 is 0 Å². The van der Waals surface area contributed by atoms with E-state index in [2.05, 4.69) is 5.32 Å². The lowest BCUT2D eigenvalue weighted by Gasteiger charge is -2.36. The van der Waals surface area contributed by atoms with E-state index in [1.54, 1.807) is 18.0 Å². The molecule has 1 aromatic heterocycles. The van der Waals surface area contributed by atoms with E-state index in [0.717, 1.165) is 25.7 Å². The first-order valence-corrected chi connectivity index (χ1v) is 9.33. The van der Waals surface area contributed by atoms with Crippen molar-refractivity contribution in [1.29, 1.82) is 0 Å². The van der Waals surface area contributed by atoms with Crippen molar-refractivity contribution in [2.75, 3.05) is 20.1 Å². The Balaban J connectivity index is 1.63. The SMILES string of the molecule is CN(CC(=O)NC1CC1)C(=O)C1CCCCN1C(=O)c1cccs1. The number of nitrogens with zero attached hydrogens (tertiary/aromatic N) is 2. The van der Waals surface area contributed by atoms with Gasteiger partial charge in [-0.2, -0.15) is 0 Å². The average Bonchev–Trinajstić information content (AvgIpc) is 3.22. The third kappa shape index (κ3) is 3.95. The van der Waals surface area contributed by atoms with Gasteiger partial charge in [0.1, 0.15) is 6.04 Å². The molecular formula is C17H23N3O3S. The Bertz CT molecular complexity index is 613. The first-order valence-electron chi connectivity index (χ1n) is 8.45. The first kappa shape index (κ1) is 17.0. The summed E-state index contributed by atoms with van der Waals surface area (Å²) in [6.45, 7) is 0.641. The van der Waals surface area contributed by atoms with Crippen LogP contribution in [0.4, 0.5) is 0 Å². The molecule has 0 bridgehead atoms. The molecule has 3 rings (SSSR count). The van der Waals surface area contributed by atoms with Gasteiger partial charge in [0.25, 0.3) is 5.91 Å². The van der Waals surface area contributed by atoms with E-state index in [4.69, 9.17) is 0 Å². The Morgan fingerprint density at radius 3 is 2.75 bits per heavy atom. The van der Waals surface area contributed by atoms with E-state index in [1.807, 2.05) is 11.4 Å². The summed E-state index contributed by atoms with van der Waals surface area (Å²) < 4.78 is 0. The molecule has 6 nitrogen and oxygen atoms in total. The van der Waals surface area contributed by atoms with Crippen molar-refractivity contribution in [3.8, 4) is 0 Å². The van der Waals surface area contributed by atoms with Crippen molar-refractivity contribution in [3.63, 3.8) is 0 Å². The molecule has 1 aromatic rings. The van der Waals surface area contributed by atoms with Crippen LogP contribution in [0.3, 0.4) is 0 Å². The molecule has 24 heavy (non-hydrogen) atoms. The summed E-state index contributed by atoms with van der Waals surface area (Å²) in [4.78, 5) is 41.1. The second-order valence-electron chi connectivity index (χ2n) is 6.52. The van der Waals surface area contributed by atoms with Gasteiger partial charge in [-0.15, -0.1) is 11.3 Å². The molecule has 0 spiro atoms. The topological polar surface area (TPSA) is 69.7 Å². The predicted octanol–water partition coefficient (Wildman–Crippen LogP) is 1.48. The van der Waals surface area contributed by atoms with Crippen molar-refractivity contribution in [2.45, 2.75) is 44.2 Å². The van der Waals surface area contributed by atoms with Crippen molar-refractivity contribution >= 4 is 29.1 Å². The van der Waals surface area contributed by atoms with Crippen molar-refractivity contribution < 1.29 is 14.4 Å². The Hall–Kier alpha value is -1.89. The molecule has 1 aliphatic heterocycles. The van der Waals surface area contributed by atoms with E-state index in [0.29, 0.717) is 17.8 Å². The molecule has 1 saturated heterocycles. The molecule has 0 aromatic carbocycles. The van der Waals surface area contributed by atoms with Crippen LogP contribution in [0.15, 0.2) is 17.5 Å². The number of piperidine rings is 1. The molecule has 3 amide bonds. The van der Waals surface area contributed by atoms with Crippen LogP contribution >= 0.6 is 11.3 Å². The fourth-order valence-electron chi connectivity index (χ4n) is 3.02. The van der Waals surface area contributed by atoms with Gasteiger partial charge in [-0.25, -0.2) is 0 Å². The molecule has 1 unspecified atom stereocenters. The number of carbonyl (C=O) groups is 3. The molecule has 0 radical (unpaired) electrons. The molecular weight excluding hydrogens is 326 g/mol. The van der Waals surface area contributed by atoms with Crippen LogP contribution < -0.4 is 5.32 Å². The van der Waals surface area contributed by atoms with Gasteiger partial charge >= 0.3 is 0 Å². The number of likely N-dealkylation sites (tertiary alicyclic amines) is 1. The second-order valence-corrected chi connectivity index (χ2v) is 7.47. The molecule has 1 saturated carbocycles. The summed E-state index contributed by atoms with van der Waals surface area (Å²) in [5.74, 6) is -0.357. The molecule has 2 aliphatic rings. The maximum absolute atomic E-state index is 12.8. The third-order valence-corrected chi connectivity index (χ3v) is 5.34. The highest BCUT2D eigenvalue weighted by Gasteiger charge is 2.35. The van der Waals surface area contributed by atoms with E-state index in [-0.39, 0.29) is 30.3 Å². The molecule has 7 heteroatoms. The summed E-state index contributed by atoms with van der Waals surface area (Å²) in [5.41, 5.74) is 0. The molecule has 1 atom stereocenters. The van der Waals surface area contributed by atoms with Crippen LogP contribution in [0.2, 0.25) is 0 Å². The second kappa shape index (κ2) is 7.34. The van der Waals surface area contributed by atoms with Crippen molar-refractivity contribution in [3.05, 3.63) is 22.4 Å².